The SMILES string of the molecule is COc1ccn2c(Cc3ccc4c(c3)COc3cc(F)ccc3/C4=C(/C)c3noc(=O)[nH]3)c(C(C)C)nc2n1. The average Bonchev–Trinajstić information content (AvgIpc) is 3.48. The maximum Gasteiger partial charge on any atom is 0.439 e. The predicted molar refractivity (Wildman–Crippen MR) is 142 cm³/mol. The van der Waals surface area contributed by atoms with E-state index >= 15 is 0 Å². The third-order valence-electron chi connectivity index (χ3n) is 6.93. The lowest BCUT2D eigenvalue weighted by molar-refractivity contribution is 0.305. The third-order valence-corrected chi connectivity index (χ3v) is 6.93. The molecule has 0 saturated carbocycles. The van der Waals surface area contributed by atoms with Gasteiger partial charge in [0, 0.05) is 35.9 Å². The summed E-state index contributed by atoms with van der Waals surface area (Å²) in [4.78, 5) is 23.6. The number of hydrogen-bond acceptors (Lipinski definition) is 7. The van der Waals surface area contributed by atoms with Crippen molar-refractivity contribution in [1.29, 1.82) is 0 Å². The topological polar surface area (TPSA) is 108 Å². The van der Waals surface area contributed by atoms with Crippen LogP contribution < -0.4 is 15.2 Å². The first-order chi connectivity index (χ1) is 18.8. The number of ether oxygens (including phenoxy) is 2. The highest BCUT2D eigenvalue weighted by Gasteiger charge is 2.25. The van der Waals surface area contributed by atoms with Gasteiger partial charge < -0.3 is 9.47 Å². The Bertz CT molecular complexity index is 1810. The van der Waals surface area contributed by atoms with Crippen LogP contribution in [-0.4, -0.2) is 31.6 Å². The van der Waals surface area contributed by atoms with Crippen LogP contribution in [0.25, 0.3) is 16.9 Å². The summed E-state index contributed by atoms with van der Waals surface area (Å²) in [5, 5.41) is 3.88. The van der Waals surface area contributed by atoms with Gasteiger partial charge in [-0.2, -0.15) is 4.98 Å². The van der Waals surface area contributed by atoms with Crippen molar-refractivity contribution in [3.8, 4) is 11.6 Å². The van der Waals surface area contributed by atoms with E-state index in [-0.39, 0.29) is 12.5 Å². The van der Waals surface area contributed by atoms with Crippen LogP contribution in [-0.2, 0) is 13.0 Å². The molecule has 3 aromatic heterocycles. The molecule has 198 valence electrons. The number of fused-ring (bicyclic) bond motifs is 3. The number of allylic oxidation sites excluding steroid dienone is 1. The highest BCUT2D eigenvalue weighted by molar-refractivity contribution is 5.99. The van der Waals surface area contributed by atoms with Crippen LogP contribution in [0.4, 0.5) is 4.39 Å². The monoisotopic (exact) mass is 527 g/mol. The Hall–Kier alpha value is -4.73. The molecule has 0 aliphatic carbocycles. The molecule has 10 heteroatoms. The second-order valence-electron chi connectivity index (χ2n) is 9.78. The molecule has 1 N–H and O–H groups in total. The summed E-state index contributed by atoms with van der Waals surface area (Å²) in [6.45, 7) is 6.30. The summed E-state index contributed by atoms with van der Waals surface area (Å²) in [6.07, 6.45) is 2.54. The second-order valence-corrected chi connectivity index (χ2v) is 9.78. The first-order valence-corrected chi connectivity index (χ1v) is 12.6. The van der Waals surface area contributed by atoms with Gasteiger partial charge in [0.05, 0.1) is 18.5 Å². The third kappa shape index (κ3) is 4.37. The molecule has 5 aromatic rings. The zero-order valence-electron chi connectivity index (χ0n) is 21.9. The molecule has 39 heavy (non-hydrogen) atoms. The molecule has 0 bridgehead atoms. The Morgan fingerprint density at radius 1 is 1.15 bits per heavy atom. The Balaban J connectivity index is 1.48. The van der Waals surface area contributed by atoms with Gasteiger partial charge in [0.15, 0.2) is 5.82 Å². The Labute approximate surface area is 222 Å². The molecule has 1 aliphatic heterocycles. The summed E-state index contributed by atoms with van der Waals surface area (Å²) >= 11 is 0. The normalized spacial score (nSPS) is 14.1. The number of halogens is 1. The Kier molecular flexibility index (Phi) is 6.02. The van der Waals surface area contributed by atoms with Gasteiger partial charge in [0.2, 0.25) is 11.7 Å². The number of aromatic amines is 1. The number of methoxy groups -OCH3 is 1. The van der Waals surface area contributed by atoms with E-state index in [1.807, 2.05) is 29.7 Å². The van der Waals surface area contributed by atoms with Crippen LogP contribution >= 0.6 is 0 Å². The van der Waals surface area contributed by atoms with Crippen molar-refractivity contribution in [3.63, 3.8) is 0 Å². The van der Waals surface area contributed by atoms with Crippen LogP contribution in [0.1, 0.15) is 66.2 Å². The van der Waals surface area contributed by atoms with E-state index in [4.69, 9.17) is 19.0 Å². The summed E-state index contributed by atoms with van der Waals surface area (Å²) in [7, 11) is 1.58. The second kappa shape index (κ2) is 9.54. The minimum absolute atomic E-state index is 0.197. The van der Waals surface area contributed by atoms with Crippen LogP contribution in [0.15, 0.2) is 58.0 Å². The molecule has 9 nitrogen and oxygen atoms in total. The molecule has 0 saturated heterocycles. The molecule has 1 aliphatic rings. The largest absolute Gasteiger partial charge is 0.488 e. The highest BCUT2D eigenvalue weighted by atomic mass is 19.1. The van der Waals surface area contributed by atoms with E-state index in [1.165, 1.54) is 12.1 Å². The molecule has 6 rings (SSSR count). The van der Waals surface area contributed by atoms with Crippen molar-refractivity contribution in [2.75, 3.05) is 7.11 Å². The molecular formula is C29H26FN5O4. The highest BCUT2D eigenvalue weighted by Crippen LogP contribution is 2.41. The molecule has 0 atom stereocenters. The zero-order valence-corrected chi connectivity index (χ0v) is 21.9. The van der Waals surface area contributed by atoms with Crippen molar-refractivity contribution in [1.82, 2.24) is 24.5 Å². The lowest BCUT2D eigenvalue weighted by Crippen LogP contribution is -2.03. The van der Waals surface area contributed by atoms with Gasteiger partial charge in [-0.25, -0.2) is 14.2 Å². The van der Waals surface area contributed by atoms with Crippen molar-refractivity contribution < 1.29 is 18.4 Å². The average molecular weight is 528 g/mol. The minimum Gasteiger partial charge on any atom is -0.488 e. The van der Waals surface area contributed by atoms with E-state index < -0.39 is 11.6 Å². The van der Waals surface area contributed by atoms with Gasteiger partial charge in [0.1, 0.15) is 18.2 Å². The fourth-order valence-electron chi connectivity index (χ4n) is 5.08. The molecule has 0 radical (unpaired) electrons. The fourth-order valence-corrected chi connectivity index (χ4v) is 5.08. The summed E-state index contributed by atoms with van der Waals surface area (Å²) in [5.74, 6) is 0.969. The number of aromatic nitrogens is 5. The van der Waals surface area contributed by atoms with Crippen LogP contribution in [0, 0.1) is 5.82 Å². The lowest BCUT2D eigenvalue weighted by atomic mass is 9.89. The molecular weight excluding hydrogens is 501 g/mol. The number of nitrogens with zero attached hydrogens (tertiary/aromatic N) is 4. The van der Waals surface area contributed by atoms with Gasteiger partial charge in [-0.3, -0.25) is 13.9 Å². The summed E-state index contributed by atoms with van der Waals surface area (Å²) in [5.41, 5.74) is 7.05. The standard InChI is InChI=1S/C29H26FN5O4/c1-15(2)26-22(35-10-9-24(37-4)31-28(35)32-26)12-17-5-7-20-18(11-17)14-38-23-13-19(30)6-8-21(23)25(20)16(3)27-33-29(36)39-34-27/h5-11,13,15H,12,14H2,1-4H3,(H,33,34,36)/b25-16-. The van der Waals surface area contributed by atoms with E-state index in [0.29, 0.717) is 40.8 Å². The van der Waals surface area contributed by atoms with Gasteiger partial charge >= 0.3 is 5.76 Å². The smallest absolute Gasteiger partial charge is 0.439 e. The maximum absolute atomic E-state index is 14.2. The molecule has 0 amide bonds. The number of H-pyrrole nitrogens is 1. The van der Waals surface area contributed by atoms with Crippen molar-refractivity contribution in [2.24, 2.45) is 0 Å². The van der Waals surface area contributed by atoms with Crippen LogP contribution in [0.3, 0.4) is 0 Å². The van der Waals surface area contributed by atoms with Crippen molar-refractivity contribution >= 4 is 16.9 Å². The summed E-state index contributed by atoms with van der Waals surface area (Å²) < 4.78 is 32.3. The predicted octanol–water partition coefficient (Wildman–Crippen LogP) is 5.14. The Morgan fingerprint density at radius 2 is 1.97 bits per heavy atom. The van der Waals surface area contributed by atoms with E-state index in [2.05, 4.69) is 41.1 Å². The van der Waals surface area contributed by atoms with Gasteiger partial charge in [-0.15, -0.1) is 0 Å². The van der Waals surface area contributed by atoms with E-state index in [9.17, 15) is 9.18 Å². The first-order valence-electron chi connectivity index (χ1n) is 12.6. The molecule has 0 unspecified atom stereocenters. The number of nitrogens with one attached hydrogen (secondary N) is 1. The number of rotatable bonds is 5. The number of imidazole rings is 1. The van der Waals surface area contributed by atoms with E-state index in [0.717, 1.165) is 33.7 Å². The zero-order chi connectivity index (χ0) is 27.3. The van der Waals surface area contributed by atoms with Crippen LogP contribution in [0.2, 0.25) is 0 Å². The molecule has 2 aromatic carbocycles. The van der Waals surface area contributed by atoms with Crippen LogP contribution in [0.5, 0.6) is 11.6 Å². The molecule has 0 spiro atoms. The number of hydrogen-bond donors (Lipinski definition) is 1. The fraction of sp³-hybridized carbons (Fsp3) is 0.241. The minimum atomic E-state index is -0.647. The summed E-state index contributed by atoms with van der Waals surface area (Å²) in [6, 6.07) is 12.4. The quantitative estimate of drug-likeness (QED) is 0.337. The molecule has 4 heterocycles. The van der Waals surface area contributed by atoms with E-state index in [1.54, 1.807) is 13.2 Å². The van der Waals surface area contributed by atoms with Gasteiger partial charge in [-0.1, -0.05) is 37.2 Å². The first kappa shape index (κ1) is 24.6. The van der Waals surface area contributed by atoms with Gasteiger partial charge in [-0.05, 0) is 47.2 Å². The number of benzene rings is 2. The Morgan fingerprint density at radius 3 is 2.72 bits per heavy atom. The van der Waals surface area contributed by atoms with Crippen molar-refractivity contribution in [2.45, 2.75) is 39.7 Å². The maximum atomic E-state index is 14.2. The van der Waals surface area contributed by atoms with Gasteiger partial charge in [0.25, 0.3) is 0 Å². The lowest BCUT2D eigenvalue weighted by Gasteiger charge is -2.15. The molecule has 0 fully saturated rings. The van der Waals surface area contributed by atoms with Crippen molar-refractivity contribution in [3.05, 3.63) is 104 Å².